The maximum atomic E-state index is 12.9. The fraction of sp³-hybridized carbons (Fsp3) is 0.400. The van der Waals surface area contributed by atoms with E-state index in [9.17, 15) is 4.79 Å². The number of amides is 2. The summed E-state index contributed by atoms with van der Waals surface area (Å²) in [7, 11) is 0. The molecule has 7 nitrogen and oxygen atoms in total. The van der Waals surface area contributed by atoms with E-state index < -0.39 is 0 Å². The number of fused-ring (bicyclic) bond motifs is 3. The van der Waals surface area contributed by atoms with Crippen molar-refractivity contribution in [1.82, 2.24) is 20.1 Å². The minimum absolute atomic E-state index is 0.0759. The van der Waals surface area contributed by atoms with Gasteiger partial charge in [0.2, 0.25) is 0 Å². The van der Waals surface area contributed by atoms with Gasteiger partial charge in [-0.15, -0.1) is 10.2 Å². The van der Waals surface area contributed by atoms with E-state index >= 15 is 0 Å². The summed E-state index contributed by atoms with van der Waals surface area (Å²) in [4.78, 5) is 19.3. The van der Waals surface area contributed by atoms with Crippen molar-refractivity contribution in [2.45, 2.75) is 50.7 Å². The van der Waals surface area contributed by atoms with Crippen LogP contribution >= 0.6 is 11.3 Å². The Balaban J connectivity index is 1.41. The molecule has 8 heteroatoms. The lowest BCUT2D eigenvalue weighted by Crippen LogP contribution is -2.54. The minimum Gasteiger partial charge on any atom is -0.326 e. The van der Waals surface area contributed by atoms with E-state index in [2.05, 4.69) is 26.6 Å². The molecule has 3 unspecified atom stereocenters. The largest absolute Gasteiger partial charge is 0.326 e. The third-order valence-corrected chi connectivity index (χ3v) is 6.73. The molecule has 0 aliphatic carbocycles. The number of hydrogen-bond acceptors (Lipinski definition) is 6. The van der Waals surface area contributed by atoms with Crippen LogP contribution in [0.1, 0.15) is 30.7 Å². The normalized spacial score (nSPS) is 23.9. The summed E-state index contributed by atoms with van der Waals surface area (Å²) in [5, 5.41) is 15.1. The van der Waals surface area contributed by atoms with Crippen molar-refractivity contribution in [2.75, 3.05) is 5.32 Å². The highest BCUT2D eigenvalue weighted by molar-refractivity contribution is 7.14. The van der Waals surface area contributed by atoms with Crippen LogP contribution in [0.5, 0.6) is 0 Å². The monoisotopic (exact) mass is 394 g/mol. The standard InChI is InChI=1S/C20H22N6OS/c1-11-24-25-19(28-11)12-2-3-13-10-22-18(9-14(13)8-12)23-20(27)26-15-4-6-16(21)17(26)7-5-15/h2-3,8-10,15-17H,4-7,21H2,1H3,(H,22,23,27). The van der Waals surface area contributed by atoms with Crippen LogP contribution < -0.4 is 11.1 Å². The number of rotatable bonds is 2. The molecule has 0 spiro atoms. The highest BCUT2D eigenvalue weighted by atomic mass is 32.1. The number of pyridine rings is 1. The summed E-state index contributed by atoms with van der Waals surface area (Å²) < 4.78 is 0. The van der Waals surface area contributed by atoms with Gasteiger partial charge in [0.05, 0.1) is 0 Å². The molecule has 2 amide bonds. The lowest BCUT2D eigenvalue weighted by atomic mass is 9.98. The summed E-state index contributed by atoms with van der Waals surface area (Å²) in [6.45, 7) is 1.94. The number of aromatic nitrogens is 3. The van der Waals surface area contributed by atoms with E-state index in [4.69, 9.17) is 5.73 Å². The van der Waals surface area contributed by atoms with Gasteiger partial charge in [0.1, 0.15) is 15.8 Å². The molecule has 2 saturated heterocycles. The Kier molecular flexibility index (Phi) is 4.25. The van der Waals surface area contributed by atoms with E-state index in [1.165, 1.54) is 0 Å². The van der Waals surface area contributed by atoms with Crippen LogP contribution in [0.25, 0.3) is 21.3 Å². The first-order valence-electron chi connectivity index (χ1n) is 9.64. The second kappa shape index (κ2) is 6.79. The van der Waals surface area contributed by atoms with Crippen LogP contribution in [0.3, 0.4) is 0 Å². The molecule has 0 radical (unpaired) electrons. The number of nitrogens with two attached hydrogens (primary N) is 1. The molecule has 2 bridgehead atoms. The van der Waals surface area contributed by atoms with Crippen molar-refractivity contribution < 1.29 is 4.79 Å². The number of carbonyl (C=O) groups excluding carboxylic acids is 1. The van der Waals surface area contributed by atoms with Gasteiger partial charge in [0, 0.05) is 35.3 Å². The molecule has 2 aliphatic heterocycles. The number of hydrogen-bond donors (Lipinski definition) is 2. The first kappa shape index (κ1) is 17.5. The van der Waals surface area contributed by atoms with Crippen LogP contribution in [0, 0.1) is 6.92 Å². The second-order valence-electron chi connectivity index (χ2n) is 7.63. The third-order valence-electron chi connectivity index (χ3n) is 5.84. The van der Waals surface area contributed by atoms with Gasteiger partial charge in [0.25, 0.3) is 0 Å². The average molecular weight is 395 g/mol. The molecule has 2 aliphatic rings. The summed E-state index contributed by atoms with van der Waals surface area (Å²) in [6, 6.07) is 8.45. The summed E-state index contributed by atoms with van der Waals surface area (Å²) >= 11 is 1.56. The van der Waals surface area contributed by atoms with E-state index in [0.717, 1.165) is 52.0 Å². The summed E-state index contributed by atoms with van der Waals surface area (Å²) in [5.74, 6) is 0.557. The number of anilines is 1. The third kappa shape index (κ3) is 3.02. The number of piperidine rings is 1. The van der Waals surface area contributed by atoms with Gasteiger partial charge in [-0.2, -0.15) is 0 Å². The molecule has 2 fully saturated rings. The van der Waals surface area contributed by atoms with Gasteiger partial charge in [0.15, 0.2) is 0 Å². The maximum absolute atomic E-state index is 12.9. The van der Waals surface area contributed by atoms with Gasteiger partial charge >= 0.3 is 6.03 Å². The van der Waals surface area contributed by atoms with E-state index in [0.29, 0.717) is 11.9 Å². The van der Waals surface area contributed by atoms with E-state index in [1.807, 2.05) is 30.0 Å². The number of aryl methyl sites for hydroxylation is 1. The summed E-state index contributed by atoms with van der Waals surface area (Å²) in [6.07, 6.45) is 5.81. The molecule has 1 aromatic carbocycles. The molecule has 3 atom stereocenters. The first-order chi connectivity index (χ1) is 13.6. The highest BCUT2D eigenvalue weighted by Gasteiger charge is 2.43. The Morgan fingerprint density at radius 2 is 2.04 bits per heavy atom. The maximum Gasteiger partial charge on any atom is 0.323 e. The Labute approximate surface area is 167 Å². The fourth-order valence-corrected chi connectivity index (χ4v) is 5.13. The van der Waals surface area contributed by atoms with Gasteiger partial charge < -0.3 is 10.6 Å². The molecule has 3 N–H and O–H groups in total. The molecular formula is C20H22N6OS. The molecule has 2 aromatic heterocycles. The predicted octanol–water partition coefficient (Wildman–Crippen LogP) is 3.55. The molecule has 4 heterocycles. The van der Waals surface area contributed by atoms with Gasteiger partial charge in [-0.25, -0.2) is 9.78 Å². The van der Waals surface area contributed by atoms with Gasteiger partial charge in [-0.1, -0.05) is 23.5 Å². The zero-order valence-electron chi connectivity index (χ0n) is 15.6. The lowest BCUT2D eigenvalue weighted by molar-refractivity contribution is 0.146. The van der Waals surface area contributed by atoms with Crippen LogP contribution in [0.15, 0.2) is 30.5 Å². The van der Waals surface area contributed by atoms with Crippen molar-refractivity contribution >= 4 is 34.0 Å². The molecule has 144 valence electrons. The van der Waals surface area contributed by atoms with E-state index in [-0.39, 0.29) is 18.1 Å². The van der Waals surface area contributed by atoms with Crippen LogP contribution in [-0.2, 0) is 0 Å². The summed E-state index contributed by atoms with van der Waals surface area (Å²) in [5.41, 5.74) is 7.25. The second-order valence-corrected chi connectivity index (χ2v) is 8.82. The Morgan fingerprint density at radius 3 is 2.86 bits per heavy atom. The first-order valence-corrected chi connectivity index (χ1v) is 10.5. The highest BCUT2D eigenvalue weighted by Crippen LogP contribution is 2.35. The predicted molar refractivity (Wildman–Crippen MR) is 110 cm³/mol. The molecule has 0 saturated carbocycles. The molecular weight excluding hydrogens is 372 g/mol. The average Bonchev–Trinajstić information content (AvgIpc) is 3.27. The molecule has 3 aromatic rings. The quantitative estimate of drug-likeness (QED) is 0.693. The topological polar surface area (TPSA) is 97.0 Å². The van der Waals surface area contributed by atoms with Gasteiger partial charge in [-0.3, -0.25) is 5.32 Å². The van der Waals surface area contributed by atoms with Crippen molar-refractivity contribution in [3.63, 3.8) is 0 Å². The van der Waals surface area contributed by atoms with Crippen molar-refractivity contribution in [1.29, 1.82) is 0 Å². The van der Waals surface area contributed by atoms with Gasteiger partial charge in [-0.05, 0) is 50.1 Å². The zero-order chi connectivity index (χ0) is 19.3. The minimum atomic E-state index is -0.0922. The number of carbonyl (C=O) groups is 1. The fourth-order valence-electron chi connectivity index (χ4n) is 4.44. The van der Waals surface area contributed by atoms with Crippen molar-refractivity contribution in [3.05, 3.63) is 35.5 Å². The zero-order valence-corrected chi connectivity index (χ0v) is 16.4. The van der Waals surface area contributed by atoms with Crippen LogP contribution in [0.2, 0.25) is 0 Å². The van der Waals surface area contributed by atoms with Crippen molar-refractivity contribution in [3.8, 4) is 10.6 Å². The Hall–Kier alpha value is -2.58. The number of benzene rings is 1. The van der Waals surface area contributed by atoms with E-state index in [1.54, 1.807) is 17.5 Å². The molecule has 5 rings (SSSR count). The van der Waals surface area contributed by atoms with Crippen molar-refractivity contribution in [2.24, 2.45) is 5.73 Å². The number of nitrogens with zero attached hydrogens (tertiary/aromatic N) is 4. The van der Waals surface area contributed by atoms with Crippen LogP contribution in [0.4, 0.5) is 10.6 Å². The smallest absolute Gasteiger partial charge is 0.323 e. The SMILES string of the molecule is Cc1nnc(-c2ccc3cnc(NC(=O)N4C5CCC(N)C4CC5)cc3c2)s1. The Bertz CT molecular complexity index is 1050. The van der Waals surface area contributed by atoms with Crippen LogP contribution in [-0.4, -0.2) is 44.2 Å². The number of urea groups is 1. The Morgan fingerprint density at radius 1 is 1.18 bits per heavy atom. The molecule has 28 heavy (non-hydrogen) atoms. The number of nitrogens with one attached hydrogen (secondary N) is 1. The lowest BCUT2D eigenvalue weighted by Gasteiger charge is -2.38.